The van der Waals surface area contributed by atoms with Gasteiger partial charge in [0.25, 0.3) is 10.1 Å². The first kappa shape index (κ1) is 10.4. The molecule has 7 heteroatoms. The lowest BCUT2D eigenvalue weighted by atomic mass is 10.3. The molecule has 3 nitrogen and oxygen atoms in total. The first-order valence-corrected chi connectivity index (χ1v) is 4.77. The molecular formula is C6H3ClF2O3S. The molecule has 0 amide bonds. The zero-order valence-corrected chi connectivity index (χ0v) is 7.53. The molecule has 13 heavy (non-hydrogen) atoms. The summed E-state index contributed by atoms with van der Waals surface area (Å²) in [5.41, 5.74) is 0. The third-order valence-electron chi connectivity index (χ3n) is 1.26. The summed E-state index contributed by atoms with van der Waals surface area (Å²) in [6, 6.07) is 1.22. The lowest BCUT2D eigenvalue weighted by molar-refractivity contribution is 0.471. The monoisotopic (exact) mass is 228 g/mol. The van der Waals surface area contributed by atoms with Crippen LogP contribution >= 0.6 is 11.6 Å². The fourth-order valence-electron chi connectivity index (χ4n) is 0.745. The summed E-state index contributed by atoms with van der Waals surface area (Å²) in [7, 11) is -4.83. The van der Waals surface area contributed by atoms with Crippen molar-refractivity contribution in [3.8, 4) is 0 Å². The van der Waals surface area contributed by atoms with Gasteiger partial charge in [0.15, 0.2) is 4.90 Å². The maximum absolute atomic E-state index is 12.7. The van der Waals surface area contributed by atoms with Gasteiger partial charge in [0.05, 0.1) is 0 Å². The fraction of sp³-hybridized carbons (Fsp3) is 0. The van der Waals surface area contributed by atoms with Crippen molar-refractivity contribution in [3.05, 3.63) is 28.8 Å². The molecule has 1 aromatic carbocycles. The van der Waals surface area contributed by atoms with Crippen molar-refractivity contribution in [1.29, 1.82) is 0 Å². The van der Waals surface area contributed by atoms with E-state index in [1.54, 1.807) is 0 Å². The van der Waals surface area contributed by atoms with Crippen LogP contribution in [0.15, 0.2) is 17.0 Å². The second kappa shape index (κ2) is 3.21. The maximum Gasteiger partial charge on any atom is 0.299 e. The lowest BCUT2D eigenvalue weighted by Crippen LogP contribution is -2.03. The molecule has 0 unspecified atom stereocenters. The molecule has 0 fully saturated rings. The molecule has 0 saturated heterocycles. The lowest BCUT2D eigenvalue weighted by Gasteiger charge is -2.02. The van der Waals surface area contributed by atoms with Gasteiger partial charge in [-0.15, -0.1) is 0 Å². The number of halogens is 3. The minimum Gasteiger partial charge on any atom is -0.282 e. The first-order chi connectivity index (χ1) is 5.84. The molecule has 1 aromatic rings. The summed E-state index contributed by atoms with van der Waals surface area (Å²) in [5.74, 6) is -2.41. The van der Waals surface area contributed by atoms with Gasteiger partial charge in [0, 0.05) is 0 Å². The Bertz CT molecular complexity index is 443. The fourth-order valence-corrected chi connectivity index (χ4v) is 1.83. The summed E-state index contributed by atoms with van der Waals surface area (Å²) in [4.78, 5) is -1.24. The molecule has 72 valence electrons. The van der Waals surface area contributed by atoms with Crippen molar-refractivity contribution in [1.82, 2.24) is 0 Å². The van der Waals surface area contributed by atoms with Crippen molar-refractivity contribution in [2.75, 3.05) is 0 Å². The molecule has 0 atom stereocenters. The normalized spacial score (nSPS) is 11.7. The molecular weight excluding hydrogens is 226 g/mol. The van der Waals surface area contributed by atoms with Crippen LogP contribution in [0.3, 0.4) is 0 Å². The Labute approximate surface area is 77.7 Å². The van der Waals surface area contributed by atoms with E-state index in [9.17, 15) is 17.2 Å². The molecule has 1 N–H and O–H groups in total. The Morgan fingerprint density at radius 3 is 2.08 bits per heavy atom. The van der Waals surface area contributed by atoms with Gasteiger partial charge < -0.3 is 0 Å². The molecule has 0 aliphatic heterocycles. The molecule has 0 aromatic heterocycles. The van der Waals surface area contributed by atoms with Crippen LogP contribution < -0.4 is 0 Å². The minimum absolute atomic E-state index is 0.560. The van der Waals surface area contributed by atoms with Crippen molar-refractivity contribution < 1.29 is 21.8 Å². The van der Waals surface area contributed by atoms with Crippen LogP contribution in [-0.2, 0) is 10.1 Å². The second-order valence-corrected chi connectivity index (χ2v) is 3.88. The molecule has 0 spiro atoms. The van der Waals surface area contributed by atoms with Crippen LogP contribution in [0.25, 0.3) is 0 Å². The highest BCUT2D eigenvalue weighted by atomic mass is 35.5. The van der Waals surface area contributed by atoms with E-state index < -0.39 is 31.7 Å². The van der Waals surface area contributed by atoms with E-state index in [0.29, 0.717) is 12.1 Å². The highest BCUT2D eigenvalue weighted by Gasteiger charge is 2.22. The van der Waals surface area contributed by atoms with Gasteiger partial charge in [-0.25, -0.2) is 8.78 Å². The Balaban J connectivity index is 3.62. The number of benzene rings is 1. The largest absolute Gasteiger partial charge is 0.299 e. The van der Waals surface area contributed by atoms with Crippen LogP contribution in [0, 0.1) is 11.6 Å². The Hall–Kier alpha value is -0.720. The summed E-state index contributed by atoms with van der Waals surface area (Å²) in [6.07, 6.45) is 0. The number of rotatable bonds is 1. The van der Waals surface area contributed by atoms with E-state index in [0.717, 1.165) is 0 Å². The van der Waals surface area contributed by atoms with E-state index in [4.69, 9.17) is 16.2 Å². The molecule has 0 aliphatic rings. The SMILES string of the molecule is O=S(=O)(O)c1c(F)ccc(F)c1Cl. The highest BCUT2D eigenvalue weighted by molar-refractivity contribution is 7.86. The topological polar surface area (TPSA) is 54.4 Å². The summed E-state index contributed by atoms with van der Waals surface area (Å²) < 4.78 is 54.8. The van der Waals surface area contributed by atoms with Gasteiger partial charge in [-0.05, 0) is 12.1 Å². The van der Waals surface area contributed by atoms with Crippen LogP contribution in [0.5, 0.6) is 0 Å². The van der Waals surface area contributed by atoms with Gasteiger partial charge in [-0.3, -0.25) is 4.55 Å². The molecule has 0 heterocycles. The van der Waals surface area contributed by atoms with E-state index >= 15 is 0 Å². The van der Waals surface area contributed by atoms with Crippen LogP contribution in [-0.4, -0.2) is 13.0 Å². The Morgan fingerprint density at radius 1 is 1.23 bits per heavy atom. The quantitative estimate of drug-likeness (QED) is 0.590. The molecule has 1 rings (SSSR count). The second-order valence-electron chi connectivity index (χ2n) is 2.15. The minimum atomic E-state index is -4.83. The van der Waals surface area contributed by atoms with Crippen LogP contribution in [0.4, 0.5) is 8.78 Å². The molecule has 0 aliphatic carbocycles. The number of hydrogen-bond acceptors (Lipinski definition) is 2. The zero-order valence-electron chi connectivity index (χ0n) is 5.96. The molecule has 0 radical (unpaired) electrons. The van der Waals surface area contributed by atoms with Gasteiger partial charge in [-0.1, -0.05) is 11.6 Å². The first-order valence-electron chi connectivity index (χ1n) is 2.95. The molecule has 0 bridgehead atoms. The highest BCUT2D eigenvalue weighted by Crippen LogP contribution is 2.26. The van der Waals surface area contributed by atoms with Crippen molar-refractivity contribution in [3.63, 3.8) is 0 Å². The Morgan fingerprint density at radius 2 is 1.69 bits per heavy atom. The standard InChI is InChI=1S/C6H3ClF2O3S/c7-5-3(8)1-2-4(9)6(5)13(10,11)12/h1-2H,(H,10,11,12). The van der Waals surface area contributed by atoms with E-state index in [2.05, 4.69) is 0 Å². The van der Waals surface area contributed by atoms with Crippen molar-refractivity contribution in [2.45, 2.75) is 4.90 Å². The van der Waals surface area contributed by atoms with E-state index in [1.165, 1.54) is 0 Å². The van der Waals surface area contributed by atoms with Gasteiger partial charge in [0.1, 0.15) is 16.7 Å². The maximum atomic E-state index is 12.7. The predicted molar refractivity (Wildman–Crippen MR) is 41.2 cm³/mol. The Kier molecular flexibility index (Phi) is 2.56. The van der Waals surface area contributed by atoms with Gasteiger partial charge in [-0.2, -0.15) is 8.42 Å². The smallest absolute Gasteiger partial charge is 0.282 e. The van der Waals surface area contributed by atoms with Gasteiger partial charge >= 0.3 is 0 Å². The zero-order chi connectivity index (χ0) is 10.2. The van der Waals surface area contributed by atoms with Crippen LogP contribution in [0.2, 0.25) is 5.02 Å². The third kappa shape index (κ3) is 1.96. The number of hydrogen-bond donors (Lipinski definition) is 1. The van der Waals surface area contributed by atoms with Gasteiger partial charge in [0.2, 0.25) is 0 Å². The van der Waals surface area contributed by atoms with Crippen molar-refractivity contribution >= 4 is 21.7 Å². The average Bonchev–Trinajstić information content (AvgIpc) is 1.95. The summed E-state index contributed by atoms with van der Waals surface area (Å²) >= 11 is 5.13. The van der Waals surface area contributed by atoms with Crippen LogP contribution in [0.1, 0.15) is 0 Å². The summed E-state index contributed by atoms with van der Waals surface area (Å²) in [6.45, 7) is 0. The average molecular weight is 229 g/mol. The van der Waals surface area contributed by atoms with E-state index in [-0.39, 0.29) is 0 Å². The van der Waals surface area contributed by atoms with Crippen molar-refractivity contribution in [2.24, 2.45) is 0 Å². The molecule has 0 saturated carbocycles. The third-order valence-corrected chi connectivity index (χ3v) is 2.66. The van der Waals surface area contributed by atoms with E-state index in [1.807, 2.05) is 0 Å². The predicted octanol–water partition coefficient (Wildman–Crippen LogP) is 1.86. The summed E-state index contributed by atoms with van der Waals surface area (Å²) in [5, 5.41) is -0.956.